The van der Waals surface area contributed by atoms with Gasteiger partial charge in [-0.3, -0.25) is 0 Å². The Morgan fingerprint density at radius 1 is 1.05 bits per heavy atom. The predicted molar refractivity (Wildman–Crippen MR) is 83.3 cm³/mol. The molecule has 4 nitrogen and oxygen atoms in total. The van der Waals surface area contributed by atoms with Crippen molar-refractivity contribution in [1.82, 2.24) is 0 Å². The lowest BCUT2D eigenvalue weighted by Gasteiger charge is -2.37. The van der Waals surface area contributed by atoms with Gasteiger partial charge in [0.1, 0.15) is 0 Å². The van der Waals surface area contributed by atoms with Gasteiger partial charge in [-0.15, -0.1) is 0 Å². The zero-order valence-electron chi connectivity index (χ0n) is 13.5. The third-order valence-corrected chi connectivity index (χ3v) is 8.20. The summed E-state index contributed by atoms with van der Waals surface area (Å²) in [5, 5.41) is 9.45. The highest BCUT2D eigenvalue weighted by Gasteiger charge is 2.39. The summed E-state index contributed by atoms with van der Waals surface area (Å²) in [5.41, 5.74) is 0.747. The van der Waals surface area contributed by atoms with Crippen molar-refractivity contribution in [3.8, 4) is 17.2 Å². The molecule has 0 amide bonds. The van der Waals surface area contributed by atoms with Gasteiger partial charge in [0.05, 0.1) is 20.8 Å². The summed E-state index contributed by atoms with van der Waals surface area (Å²) >= 11 is 0. The van der Waals surface area contributed by atoms with Crippen LogP contribution in [0, 0.1) is 0 Å². The Balaban J connectivity index is 3.29. The Labute approximate surface area is 122 Å². The highest BCUT2D eigenvalue weighted by molar-refractivity contribution is 6.74. The summed E-state index contributed by atoms with van der Waals surface area (Å²) in [4.78, 5) is 0. The molecule has 0 fully saturated rings. The molecule has 0 spiro atoms. The molecule has 0 aliphatic rings. The van der Waals surface area contributed by atoms with E-state index in [2.05, 4.69) is 33.9 Å². The minimum atomic E-state index is -1.98. The molecule has 114 valence electrons. The van der Waals surface area contributed by atoms with Crippen molar-refractivity contribution in [1.29, 1.82) is 0 Å². The molecule has 0 aromatic heterocycles. The van der Waals surface area contributed by atoms with Crippen LogP contribution in [0.5, 0.6) is 17.2 Å². The predicted octanol–water partition coefficient (Wildman–Crippen LogP) is 3.58. The summed E-state index contributed by atoms with van der Waals surface area (Å²) in [7, 11) is 1.19. The van der Waals surface area contributed by atoms with Crippen LogP contribution >= 0.6 is 0 Å². The van der Waals surface area contributed by atoms with E-state index < -0.39 is 8.32 Å². The highest BCUT2D eigenvalue weighted by Crippen LogP contribution is 2.43. The standard InChI is InChI=1S/C15H26O4Si/c1-15(2,3)20(6,7)19-13-9-11(10-16)8-12(17-4)14(13)18-5/h8-9,16H,10H2,1-7H3. The van der Waals surface area contributed by atoms with Crippen LogP contribution in [0.1, 0.15) is 26.3 Å². The molecule has 5 heteroatoms. The van der Waals surface area contributed by atoms with E-state index in [1.807, 2.05) is 6.07 Å². The second kappa shape index (κ2) is 6.05. The van der Waals surface area contributed by atoms with E-state index in [1.165, 1.54) is 0 Å². The van der Waals surface area contributed by atoms with Crippen LogP contribution in [0.2, 0.25) is 18.1 Å². The van der Waals surface area contributed by atoms with E-state index in [9.17, 15) is 5.11 Å². The fraction of sp³-hybridized carbons (Fsp3) is 0.600. The number of rotatable bonds is 5. The van der Waals surface area contributed by atoms with Gasteiger partial charge in [-0.2, -0.15) is 0 Å². The Kier molecular flexibility index (Phi) is 5.10. The maximum Gasteiger partial charge on any atom is 0.250 e. The van der Waals surface area contributed by atoms with Crippen molar-refractivity contribution in [3.05, 3.63) is 17.7 Å². The third-order valence-electron chi connectivity index (χ3n) is 3.86. The fourth-order valence-corrected chi connectivity index (χ4v) is 2.59. The molecule has 0 bridgehead atoms. The molecule has 0 atom stereocenters. The van der Waals surface area contributed by atoms with E-state index in [4.69, 9.17) is 13.9 Å². The Bertz CT molecular complexity index is 464. The first-order valence-corrected chi connectivity index (χ1v) is 9.62. The van der Waals surface area contributed by atoms with Gasteiger partial charge in [0.25, 0.3) is 8.32 Å². The SMILES string of the molecule is COc1cc(CO)cc(O[Si](C)(C)C(C)(C)C)c1OC. The van der Waals surface area contributed by atoms with Gasteiger partial charge in [-0.1, -0.05) is 20.8 Å². The first-order valence-electron chi connectivity index (χ1n) is 6.71. The van der Waals surface area contributed by atoms with Crippen LogP contribution in [0.25, 0.3) is 0 Å². The molecule has 1 N–H and O–H groups in total. The summed E-state index contributed by atoms with van der Waals surface area (Å²) in [6.07, 6.45) is 0. The summed E-state index contributed by atoms with van der Waals surface area (Å²) in [5.74, 6) is 1.80. The number of aliphatic hydroxyl groups excluding tert-OH is 1. The second-order valence-electron chi connectivity index (χ2n) is 6.35. The number of methoxy groups -OCH3 is 2. The first-order chi connectivity index (χ1) is 9.16. The van der Waals surface area contributed by atoms with Crippen LogP contribution in [-0.4, -0.2) is 27.6 Å². The van der Waals surface area contributed by atoms with E-state index in [1.54, 1.807) is 20.3 Å². The molecule has 20 heavy (non-hydrogen) atoms. The first kappa shape index (κ1) is 16.9. The minimum Gasteiger partial charge on any atom is -0.541 e. The van der Waals surface area contributed by atoms with Gasteiger partial charge in [-0.05, 0) is 35.8 Å². The topological polar surface area (TPSA) is 47.9 Å². The molecule has 0 unspecified atom stereocenters. The number of hydrogen-bond acceptors (Lipinski definition) is 4. The van der Waals surface area contributed by atoms with Gasteiger partial charge >= 0.3 is 0 Å². The van der Waals surface area contributed by atoms with E-state index in [0.717, 1.165) is 5.56 Å². The molecule has 0 radical (unpaired) electrons. The summed E-state index contributed by atoms with van der Waals surface area (Å²) < 4.78 is 17.0. The lowest BCUT2D eigenvalue weighted by atomic mass is 10.2. The van der Waals surface area contributed by atoms with Crippen molar-refractivity contribution >= 4 is 8.32 Å². The summed E-state index contributed by atoms with van der Waals surface area (Å²) in [6.45, 7) is 10.8. The van der Waals surface area contributed by atoms with Crippen molar-refractivity contribution < 1.29 is 19.0 Å². The van der Waals surface area contributed by atoms with Crippen molar-refractivity contribution in [3.63, 3.8) is 0 Å². The van der Waals surface area contributed by atoms with Gasteiger partial charge < -0.3 is 19.0 Å². The third kappa shape index (κ3) is 3.46. The minimum absolute atomic E-state index is 0.0613. The van der Waals surface area contributed by atoms with Crippen LogP contribution in [-0.2, 0) is 6.61 Å². The smallest absolute Gasteiger partial charge is 0.250 e. The number of aliphatic hydroxyl groups is 1. The summed E-state index contributed by atoms with van der Waals surface area (Å²) in [6, 6.07) is 3.58. The lowest BCUT2D eigenvalue weighted by Crippen LogP contribution is -2.44. The Morgan fingerprint density at radius 2 is 1.60 bits per heavy atom. The van der Waals surface area contributed by atoms with Crippen LogP contribution in [0.15, 0.2) is 12.1 Å². The Hall–Kier alpha value is -1.20. The quantitative estimate of drug-likeness (QED) is 0.844. The molecule has 1 rings (SSSR count). The average Bonchev–Trinajstić information content (AvgIpc) is 2.35. The normalized spacial score (nSPS) is 12.2. The van der Waals surface area contributed by atoms with E-state index in [-0.39, 0.29) is 11.6 Å². The molecule has 1 aromatic rings. The van der Waals surface area contributed by atoms with Crippen molar-refractivity contribution in [2.24, 2.45) is 0 Å². The lowest BCUT2D eigenvalue weighted by molar-refractivity contribution is 0.279. The molecule has 0 aliphatic heterocycles. The van der Waals surface area contributed by atoms with E-state index >= 15 is 0 Å². The molecule has 0 aliphatic carbocycles. The molecule has 0 heterocycles. The van der Waals surface area contributed by atoms with Gasteiger partial charge in [-0.25, -0.2) is 0 Å². The maximum atomic E-state index is 9.36. The van der Waals surface area contributed by atoms with Gasteiger partial charge in [0.2, 0.25) is 5.75 Å². The van der Waals surface area contributed by atoms with Gasteiger partial charge in [0.15, 0.2) is 11.5 Å². The Morgan fingerprint density at radius 3 is 2.00 bits per heavy atom. The van der Waals surface area contributed by atoms with Crippen LogP contribution in [0.4, 0.5) is 0 Å². The molecule has 0 saturated heterocycles. The average molecular weight is 298 g/mol. The zero-order chi connectivity index (χ0) is 15.6. The highest BCUT2D eigenvalue weighted by atomic mass is 28.4. The fourth-order valence-electron chi connectivity index (χ4n) is 1.58. The van der Waals surface area contributed by atoms with Crippen LogP contribution < -0.4 is 13.9 Å². The van der Waals surface area contributed by atoms with E-state index in [0.29, 0.717) is 17.2 Å². The number of ether oxygens (including phenoxy) is 2. The van der Waals surface area contributed by atoms with Gasteiger partial charge in [0, 0.05) is 0 Å². The van der Waals surface area contributed by atoms with Crippen LogP contribution in [0.3, 0.4) is 0 Å². The zero-order valence-corrected chi connectivity index (χ0v) is 14.5. The number of benzene rings is 1. The molecular formula is C15H26O4Si. The molecular weight excluding hydrogens is 272 g/mol. The largest absolute Gasteiger partial charge is 0.541 e. The molecule has 1 aromatic carbocycles. The second-order valence-corrected chi connectivity index (χ2v) is 11.1. The monoisotopic (exact) mass is 298 g/mol. The maximum absolute atomic E-state index is 9.36. The van der Waals surface area contributed by atoms with Crippen molar-refractivity contribution in [2.75, 3.05) is 14.2 Å². The molecule has 0 saturated carbocycles. The number of hydrogen-bond donors (Lipinski definition) is 1. The van der Waals surface area contributed by atoms with Crippen molar-refractivity contribution in [2.45, 2.75) is 45.5 Å².